The van der Waals surface area contributed by atoms with E-state index >= 15 is 0 Å². The van der Waals surface area contributed by atoms with E-state index in [1.54, 1.807) is 72.8 Å². The second-order valence-corrected chi connectivity index (χ2v) is 17.0. The number of amides is 6. The Labute approximate surface area is 420 Å². The van der Waals surface area contributed by atoms with Crippen molar-refractivity contribution in [2.45, 2.75) is 95.2 Å². The second-order valence-electron chi connectivity index (χ2n) is 17.0. The maximum absolute atomic E-state index is 13.7. The summed E-state index contributed by atoms with van der Waals surface area (Å²) < 4.78 is 16.8. The molecule has 0 saturated carbocycles. The van der Waals surface area contributed by atoms with E-state index in [0.29, 0.717) is 67.7 Å². The smallest absolute Gasteiger partial charge is 0.251 e. The van der Waals surface area contributed by atoms with Gasteiger partial charge in [-0.05, 0) is 67.9 Å². The van der Waals surface area contributed by atoms with Crippen molar-refractivity contribution in [1.29, 1.82) is 0 Å². The van der Waals surface area contributed by atoms with Crippen LogP contribution in [0.4, 0.5) is 0 Å². The lowest BCUT2D eigenvalue weighted by Gasteiger charge is -2.22. The molecular weight excluding hydrogens is 923 g/mol. The number of hydrogen-bond acceptors (Lipinski definition) is 12. The van der Waals surface area contributed by atoms with Crippen LogP contribution < -0.4 is 42.8 Å². The Kier molecular flexibility index (Phi) is 25.2. The van der Waals surface area contributed by atoms with E-state index in [1.165, 1.54) is 6.92 Å². The van der Waals surface area contributed by atoms with Gasteiger partial charge in [0.25, 0.3) is 5.91 Å². The Morgan fingerprint density at radius 3 is 1.96 bits per heavy atom. The zero-order valence-electron chi connectivity index (χ0n) is 40.6. The van der Waals surface area contributed by atoms with Gasteiger partial charge in [0.15, 0.2) is 5.78 Å². The molecule has 6 amide bonds. The van der Waals surface area contributed by atoms with E-state index in [0.717, 1.165) is 11.1 Å². The van der Waals surface area contributed by atoms with Gasteiger partial charge in [0.1, 0.15) is 43.2 Å². The molecule has 72 heavy (non-hydrogen) atoms. The van der Waals surface area contributed by atoms with Gasteiger partial charge in [-0.2, -0.15) is 0 Å². The molecule has 0 radical (unpaired) electrons. The van der Waals surface area contributed by atoms with Gasteiger partial charge in [-0.15, -0.1) is 12.3 Å². The molecule has 18 heteroatoms. The number of nitrogens with two attached hydrogens (primary N) is 2. The van der Waals surface area contributed by atoms with Crippen LogP contribution in [0.25, 0.3) is 0 Å². The highest BCUT2D eigenvalue weighted by molar-refractivity contribution is 6.09. The number of aliphatic hydroxyl groups is 1. The number of carbonyl (C=O) groups excluding carboxylic acids is 7. The van der Waals surface area contributed by atoms with Crippen LogP contribution in [-0.4, -0.2) is 116 Å². The van der Waals surface area contributed by atoms with Crippen LogP contribution in [0.3, 0.4) is 0 Å². The average molecular weight is 990 g/mol. The van der Waals surface area contributed by atoms with Crippen molar-refractivity contribution in [3.05, 3.63) is 137 Å². The Bertz CT molecular complexity index is 2380. The van der Waals surface area contributed by atoms with Crippen LogP contribution in [0.2, 0.25) is 0 Å². The largest absolute Gasteiger partial charge is 0.489 e. The number of primary amides is 1. The minimum Gasteiger partial charge on any atom is -0.489 e. The summed E-state index contributed by atoms with van der Waals surface area (Å²) in [4.78, 5) is 89.5. The molecule has 0 bridgehead atoms. The summed E-state index contributed by atoms with van der Waals surface area (Å²) in [5, 5.41) is 23.8. The standard InChI is InChI=1S/C54H67N7O11/c1-3-4-7-19-47(62)57-28-13-12-18-45(51(56)66)61-53(68)46(34-39-20-24-42(25-21-39)49(64)41-16-10-6-11-17-41)60-48(63)36-71-32-31-70-30-29-58-52(67)37(2)59-54(69)50(65)44(55)33-38-22-26-43(27-23-38)72-35-40-14-8-5-9-15-40/h1,5-6,8-11,14-17,20-27,37,44-46,50,65H,4,7,12-13,18-19,28-36,55H2,2H3,(H2,56,66)(H,57,62)(H,58,67)(H,59,69)(H,60,63)(H,61,68)/t37-,44+,45-,46-,50-/m0/s1. The van der Waals surface area contributed by atoms with Crippen LogP contribution in [-0.2, 0) is 57.7 Å². The second kappa shape index (κ2) is 31.7. The van der Waals surface area contributed by atoms with E-state index in [2.05, 4.69) is 32.5 Å². The number of ketones is 1. The molecule has 0 aliphatic heterocycles. The molecule has 0 unspecified atom stereocenters. The Morgan fingerprint density at radius 1 is 0.639 bits per heavy atom. The predicted molar refractivity (Wildman–Crippen MR) is 270 cm³/mol. The van der Waals surface area contributed by atoms with Gasteiger partial charge in [0.05, 0.1) is 19.8 Å². The predicted octanol–water partition coefficient (Wildman–Crippen LogP) is 2.17. The highest BCUT2D eigenvalue weighted by Crippen LogP contribution is 2.17. The van der Waals surface area contributed by atoms with E-state index in [4.69, 9.17) is 32.1 Å². The minimum atomic E-state index is -1.57. The molecule has 0 aliphatic carbocycles. The molecule has 0 aromatic heterocycles. The Hall–Kier alpha value is -7.43. The quantitative estimate of drug-likeness (QED) is 0.0194. The van der Waals surface area contributed by atoms with Crippen molar-refractivity contribution in [2.75, 3.05) is 39.5 Å². The average Bonchev–Trinajstić information content (AvgIpc) is 3.38. The number of nitrogens with one attached hydrogen (secondary N) is 5. The fourth-order valence-corrected chi connectivity index (χ4v) is 7.12. The Balaban J connectivity index is 1.17. The summed E-state index contributed by atoms with van der Waals surface area (Å²) in [7, 11) is 0. The van der Waals surface area contributed by atoms with Gasteiger partial charge < -0.3 is 57.4 Å². The molecule has 4 aromatic carbocycles. The molecule has 5 atom stereocenters. The third kappa shape index (κ3) is 21.3. The lowest BCUT2D eigenvalue weighted by molar-refractivity contribution is -0.134. The summed E-state index contributed by atoms with van der Waals surface area (Å²) >= 11 is 0. The number of rotatable bonds is 33. The number of benzene rings is 4. The lowest BCUT2D eigenvalue weighted by atomic mass is 9.99. The van der Waals surface area contributed by atoms with Crippen molar-refractivity contribution in [3.8, 4) is 18.1 Å². The maximum atomic E-state index is 13.7. The fraction of sp³-hybridized carbons (Fsp3) is 0.389. The number of unbranched alkanes of at least 4 members (excludes halogenated alkanes) is 2. The first-order valence-electron chi connectivity index (χ1n) is 23.9. The topological polar surface area (TPSA) is 280 Å². The number of ether oxygens (including phenoxy) is 3. The van der Waals surface area contributed by atoms with Crippen molar-refractivity contribution >= 4 is 41.2 Å². The molecule has 4 aromatic rings. The fourth-order valence-electron chi connectivity index (χ4n) is 7.12. The third-order valence-corrected chi connectivity index (χ3v) is 11.2. The van der Waals surface area contributed by atoms with Crippen molar-refractivity contribution in [2.24, 2.45) is 11.5 Å². The number of aliphatic hydroxyl groups excluding tert-OH is 1. The maximum Gasteiger partial charge on any atom is 0.251 e. The monoisotopic (exact) mass is 989 g/mol. The van der Waals surface area contributed by atoms with Crippen LogP contribution in [0, 0.1) is 12.3 Å². The van der Waals surface area contributed by atoms with E-state index < -0.39 is 66.4 Å². The molecule has 0 heterocycles. The molecule has 0 saturated heterocycles. The molecule has 10 N–H and O–H groups in total. The number of terminal acetylenes is 1. The van der Waals surface area contributed by atoms with Crippen molar-refractivity contribution in [3.63, 3.8) is 0 Å². The van der Waals surface area contributed by atoms with Gasteiger partial charge in [-0.3, -0.25) is 33.6 Å². The summed E-state index contributed by atoms with van der Waals surface area (Å²) in [5.74, 6) is -0.535. The molecule has 384 valence electrons. The van der Waals surface area contributed by atoms with E-state index in [-0.39, 0.29) is 57.3 Å². The van der Waals surface area contributed by atoms with Crippen LogP contribution in [0.1, 0.15) is 78.1 Å². The molecule has 0 fully saturated rings. The summed E-state index contributed by atoms with van der Waals surface area (Å²) in [6.07, 6.45) is 6.44. The zero-order valence-corrected chi connectivity index (χ0v) is 40.6. The summed E-state index contributed by atoms with van der Waals surface area (Å²) in [6.45, 7) is 2.01. The number of carbonyl (C=O) groups is 7. The van der Waals surface area contributed by atoms with Gasteiger partial charge >= 0.3 is 0 Å². The van der Waals surface area contributed by atoms with Crippen molar-refractivity contribution < 1.29 is 52.9 Å². The van der Waals surface area contributed by atoms with Crippen molar-refractivity contribution in [1.82, 2.24) is 26.6 Å². The van der Waals surface area contributed by atoms with E-state index in [1.807, 2.05) is 36.4 Å². The Morgan fingerprint density at radius 2 is 1.28 bits per heavy atom. The lowest BCUT2D eigenvalue weighted by Crippen LogP contribution is -2.54. The zero-order chi connectivity index (χ0) is 52.1. The molecular formula is C54H67N7O11. The molecule has 0 aliphatic rings. The first kappa shape index (κ1) is 57.2. The van der Waals surface area contributed by atoms with Gasteiger partial charge in [-0.25, -0.2) is 0 Å². The molecule has 18 nitrogen and oxygen atoms in total. The van der Waals surface area contributed by atoms with Gasteiger partial charge in [0, 0.05) is 49.5 Å². The highest BCUT2D eigenvalue weighted by atomic mass is 16.5. The van der Waals surface area contributed by atoms with Gasteiger partial charge in [0.2, 0.25) is 29.5 Å². The first-order valence-corrected chi connectivity index (χ1v) is 23.9. The van der Waals surface area contributed by atoms with Crippen LogP contribution >= 0.6 is 0 Å². The first-order chi connectivity index (χ1) is 34.7. The summed E-state index contributed by atoms with van der Waals surface area (Å²) in [5.41, 5.74) is 15.2. The third-order valence-electron chi connectivity index (χ3n) is 11.2. The van der Waals surface area contributed by atoms with Crippen LogP contribution in [0.5, 0.6) is 5.75 Å². The normalized spacial score (nSPS) is 12.9. The SMILES string of the molecule is C#CCCCC(=O)NCCCC[C@H](NC(=O)[C@H](Cc1ccc(C(=O)c2ccccc2)cc1)NC(=O)COCCOCCNC(=O)[C@H](C)NC(=O)[C@@H](O)[C@H](N)Cc1ccc(OCc2ccccc2)cc1)C(N)=O. The van der Waals surface area contributed by atoms with Gasteiger partial charge in [-0.1, -0.05) is 97.1 Å². The van der Waals surface area contributed by atoms with Crippen LogP contribution in [0.15, 0.2) is 109 Å². The molecule has 0 spiro atoms. The van der Waals surface area contributed by atoms with E-state index in [9.17, 15) is 38.7 Å². The molecule has 4 rings (SSSR count). The summed E-state index contributed by atoms with van der Waals surface area (Å²) in [6, 6.07) is 28.1. The highest BCUT2D eigenvalue weighted by Gasteiger charge is 2.28. The number of hydrogen-bond donors (Lipinski definition) is 8. The minimum absolute atomic E-state index is 0.00168.